The van der Waals surface area contributed by atoms with Crippen LogP contribution in [0.1, 0.15) is 12.5 Å². The largest absolute Gasteiger partial charge is 0.507 e. The molecule has 0 aliphatic rings. The van der Waals surface area contributed by atoms with Crippen LogP contribution in [0.25, 0.3) is 0 Å². The first kappa shape index (κ1) is 16.4. The highest BCUT2D eigenvalue weighted by Crippen LogP contribution is 2.16. The molecular formula is C17H19N3O3. The number of anilines is 1. The minimum Gasteiger partial charge on any atom is -0.507 e. The van der Waals surface area contributed by atoms with Crippen molar-refractivity contribution in [2.24, 2.45) is 5.10 Å². The van der Waals surface area contributed by atoms with Gasteiger partial charge in [-0.3, -0.25) is 4.79 Å². The molecule has 2 rings (SSSR count). The molecule has 0 unspecified atom stereocenters. The molecule has 0 bridgehead atoms. The van der Waals surface area contributed by atoms with Gasteiger partial charge in [0, 0.05) is 11.3 Å². The Balaban J connectivity index is 1.88. The molecule has 0 fully saturated rings. The maximum atomic E-state index is 12.0. The lowest BCUT2D eigenvalue weighted by atomic mass is 10.2. The quantitative estimate of drug-likeness (QED) is 0.565. The van der Waals surface area contributed by atoms with E-state index < -0.39 is 6.04 Å². The monoisotopic (exact) mass is 313 g/mol. The van der Waals surface area contributed by atoms with Crippen molar-refractivity contribution in [3.63, 3.8) is 0 Å². The van der Waals surface area contributed by atoms with Crippen molar-refractivity contribution in [2.45, 2.75) is 13.0 Å². The van der Waals surface area contributed by atoms with Crippen LogP contribution in [0.3, 0.4) is 0 Å². The lowest BCUT2D eigenvalue weighted by Crippen LogP contribution is -2.34. The standard InChI is InChI=1S/C17H19N3O3/c1-12(19-14-7-9-15(23-2)10-8-14)17(22)20-18-11-13-5-3-4-6-16(13)21/h3-12,19,21H,1-2H3,(H,20,22)/t12-/m0/s1. The van der Waals surface area contributed by atoms with Crippen LogP contribution >= 0.6 is 0 Å². The second-order valence-corrected chi connectivity index (χ2v) is 4.89. The number of rotatable bonds is 6. The van der Waals surface area contributed by atoms with Crippen molar-refractivity contribution in [3.05, 3.63) is 54.1 Å². The van der Waals surface area contributed by atoms with Crippen molar-refractivity contribution >= 4 is 17.8 Å². The van der Waals surface area contributed by atoms with E-state index in [1.807, 2.05) is 24.3 Å². The molecule has 0 aliphatic carbocycles. The molecule has 0 heterocycles. The smallest absolute Gasteiger partial charge is 0.262 e. The molecule has 120 valence electrons. The van der Waals surface area contributed by atoms with E-state index in [1.165, 1.54) is 6.21 Å². The van der Waals surface area contributed by atoms with Gasteiger partial charge in [0.2, 0.25) is 0 Å². The number of carbonyl (C=O) groups excluding carboxylic acids is 1. The highest BCUT2D eigenvalue weighted by atomic mass is 16.5. The Kier molecular flexibility index (Phi) is 5.57. The number of amides is 1. The summed E-state index contributed by atoms with van der Waals surface area (Å²) < 4.78 is 5.08. The van der Waals surface area contributed by atoms with Gasteiger partial charge in [-0.05, 0) is 43.3 Å². The van der Waals surface area contributed by atoms with Crippen LogP contribution in [0.2, 0.25) is 0 Å². The number of methoxy groups -OCH3 is 1. The molecule has 1 amide bonds. The summed E-state index contributed by atoms with van der Waals surface area (Å²) in [7, 11) is 1.60. The average Bonchev–Trinajstić information content (AvgIpc) is 2.57. The van der Waals surface area contributed by atoms with Gasteiger partial charge in [-0.15, -0.1) is 0 Å². The third-order valence-corrected chi connectivity index (χ3v) is 3.18. The fourth-order valence-corrected chi connectivity index (χ4v) is 1.86. The summed E-state index contributed by atoms with van der Waals surface area (Å²) in [5.74, 6) is 0.572. The predicted octanol–water partition coefficient (Wildman–Crippen LogP) is 2.35. The van der Waals surface area contributed by atoms with Crippen LogP contribution in [0.15, 0.2) is 53.6 Å². The van der Waals surface area contributed by atoms with Crippen LogP contribution in [-0.2, 0) is 4.79 Å². The third-order valence-electron chi connectivity index (χ3n) is 3.18. The number of phenols is 1. The maximum absolute atomic E-state index is 12.0. The molecule has 0 saturated carbocycles. The number of para-hydroxylation sites is 1. The Morgan fingerprint density at radius 1 is 1.22 bits per heavy atom. The minimum atomic E-state index is -0.468. The van der Waals surface area contributed by atoms with Gasteiger partial charge in [-0.25, -0.2) is 5.43 Å². The summed E-state index contributed by atoms with van der Waals surface area (Å²) in [5, 5.41) is 16.5. The van der Waals surface area contributed by atoms with E-state index in [2.05, 4.69) is 15.8 Å². The summed E-state index contributed by atoms with van der Waals surface area (Å²) in [4.78, 5) is 12.0. The second kappa shape index (κ2) is 7.84. The molecule has 0 radical (unpaired) electrons. The number of hydrogen-bond donors (Lipinski definition) is 3. The van der Waals surface area contributed by atoms with Gasteiger partial charge in [0.15, 0.2) is 0 Å². The Labute approximate surface area is 134 Å². The van der Waals surface area contributed by atoms with Gasteiger partial charge in [0.1, 0.15) is 17.5 Å². The molecule has 0 aliphatic heterocycles. The zero-order valence-electron chi connectivity index (χ0n) is 13.0. The first-order valence-corrected chi connectivity index (χ1v) is 7.11. The van der Waals surface area contributed by atoms with Crippen molar-refractivity contribution in [1.82, 2.24) is 5.43 Å². The molecule has 2 aromatic rings. The number of phenolic OH excluding ortho intramolecular Hbond substituents is 1. The molecule has 3 N–H and O–H groups in total. The van der Waals surface area contributed by atoms with Gasteiger partial charge in [-0.2, -0.15) is 5.10 Å². The number of hydrogen-bond acceptors (Lipinski definition) is 5. The lowest BCUT2D eigenvalue weighted by molar-refractivity contribution is -0.121. The van der Waals surface area contributed by atoms with E-state index in [0.717, 1.165) is 11.4 Å². The predicted molar refractivity (Wildman–Crippen MR) is 89.9 cm³/mol. The van der Waals surface area contributed by atoms with E-state index in [4.69, 9.17) is 4.74 Å². The lowest BCUT2D eigenvalue weighted by Gasteiger charge is -2.13. The number of carbonyl (C=O) groups is 1. The van der Waals surface area contributed by atoms with E-state index in [9.17, 15) is 9.90 Å². The van der Waals surface area contributed by atoms with Gasteiger partial charge in [0.25, 0.3) is 5.91 Å². The van der Waals surface area contributed by atoms with Gasteiger partial charge < -0.3 is 15.2 Å². The molecule has 6 nitrogen and oxygen atoms in total. The Morgan fingerprint density at radius 3 is 2.57 bits per heavy atom. The molecule has 0 spiro atoms. The van der Waals surface area contributed by atoms with Crippen molar-refractivity contribution in [1.29, 1.82) is 0 Å². The van der Waals surface area contributed by atoms with Crippen LogP contribution < -0.4 is 15.5 Å². The minimum absolute atomic E-state index is 0.106. The number of aromatic hydroxyl groups is 1. The number of hydrazone groups is 1. The zero-order valence-corrected chi connectivity index (χ0v) is 13.0. The summed E-state index contributed by atoms with van der Waals surface area (Å²) >= 11 is 0. The van der Waals surface area contributed by atoms with E-state index in [1.54, 1.807) is 38.3 Å². The molecule has 2 aromatic carbocycles. The van der Waals surface area contributed by atoms with Crippen molar-refractivity contribution in [3.8, 4) is 11.5 Å². The molecular weight excluding hydrogens is 294 g/mol. The van der Waals surface area contributed by atoms with Crippen molar-refractivity contribution in [2.75, 3.05) is 12.4 Å². The maximum Gasteiger partial charge on any atom is 0.262 e. The van der Waals surface area contributed by atoms with E-state index >= 15 is 0 Å². The Bertz CT molecular complexity index is 684. The summed E-state index contributed by atoms with van der Waals surface area (Å²) in [6.07, 6.45) is 1.40. The van der Waals surface area contributed by atoms with Crippen LogP contribution in [0.5, 0.6) is 11.5 Å². The van der Waals surface area contributed by atoms with Gasteiger partial charge in [0.05, 0.1) is 13.3 Å². The van der Waals surface area contributed by atoms with Crippen LogP contribution in [0.4, 0.5) is 5.69 Å². The van der Waals surface area contributed by atoms with Gasteiger partial charge in [-0.1, -0.05) is 12.1 Å². The number of nitrogens with one attached hydrogen (secondary N) is 2. The topological polar surface area (TPSA) is 83.0 Å². The average molecular weight is 313 g/mol. The molecule has 0 aromatic heterocycles. The number of benzene rings is 2. The number of ether oxygens (including phenoxy) is 1. The van der Waals surface area contributed by atoms with Crippen LogP contribution in [-0.4, -0.2) is 30.4 Å². The van der Waals surface area contributed by atoms with Crippen LogP contribution in [0, 0.1) is 0 Å². The van der Waals surface area contributed by atoms with E-state index in [-0.39, 0.29) is 11.7 Å². The molecule has 1 atom stereocenters. The van der Waals surface area contributed by atoms with Gasteiger partial charge >= 0.3 is 0 Å². The summed E-state index contributed by atoms with van der Waals surface area (Å²) in [6, 6.07) is 13.5. The highest BCUT2D eigenvalue weighted by molar-refractivity contribution is 5.87. The summed E-state index contributed by atoms with van der Waals surface area (Å²) in [5.41, 5.74) is 3.77. The number of nitrogens with zero attached hydrogens (tertiary/aromatic N) is 1. The second-order valence-electron chi connectivity index (χ2n) is 4.89. The molecule has 23 heavy (non-hydrogen) atoms. The first-order chi connectivity index (χ1) is 11.1. The molecule has 6 heteroatoms. The Morgan fingerprint density at radius 2 is 1.91 bits per heavy atom. The van der Waals surface area contributed by atoms with E-state index in [0.29, 0.717) is 5.56 Å². The highest BCUT2D eigenvalue weighted by Gasteiger charge is 2.11. The Hall–Kier alpha value is -3.02. The third kappa shape index (κ3) is 4.74. The molecule has 0 saturated heterocycles. The normalized spacial score (nSPS) is 11.9. The summed E-state index contributed by atoms with van der Waals surface area (Å²) in [6.45, 7) is 1.73. The van der Waals surface area contributed by atoms with Crippen molar-refractivity contribution < 1.29 is 14.6 Å². The zero-order chi connectivity index (χ0) is 16.7. The SMILES string of the molecule is COc1ccc(N[C@@H](C)C(=O)NN=Cc2ccccc2O)cc1. The first-order valence-electron chi connectivity index (χ1n) is 7.11. The fourth-order valence-electron chi connectivity index (χ4n) is 1.86. The fraction of sp³-hybridized carbons (Fsp3) is 0.176.